The molecule has 0 radical (unpaired) electrons. The van der Waals surface area contributed by atoms with Gasteiger partial charge in [-0.3, -0.25) is 57.9 Å². The highest BCUT2D eigenvalue weighted by atomic mass is 16.4. The Morgan fingerprint density at radius 3 is 1.57 bits per heavy atom. The van der Waals surface area contributed by atoms with Gasteiger partial charge in [-0.2, -0.15) is 0 Å². The smallest absolute Gasteiger partial charge is 0.325 e. The number of hydrogen-bond donors (Lipinski definition) is 14. The molecule has 28 nitrogen and oxygen atoms in total. The first-order chi connectivity index (χ1) is 32.0. The molecule has 0 aromatic rings. The second-order valence-corrected chi connectivity index (χ2v) is 16.8. The van der Waals surface area contributed by atoms with Crippen molar-refractivity contribution >= 4 is 71.1 Å². The van der Waals surface area contributed by atoms with E-state index in [1.54, 1.807) is 13.8 Å². The van der Waals surface area contributed by atoms with Crippen LogP contribution in [0.5, 0.6) is 0 Å². The second kappa shape index (κ2) is 28.4. The van der Waals surface area contributed by atoms with Gasteiger partial charge in [-0.05, 0) is 70.6 Å². The van der Waals surface area contributed by atoms with Gasteiger partial charge in [0, 0.05) is 26.2 Å². The Hall–Kier alpha value is -6.84. The van der Waals surface area contributed by atoms with Gasteiger partial charge in [0.25, 0.3) is 0 Å². The zero-order valence-electron chi connectivity index (χ0n) is 38.6. The summed E-state index contributed by atoms with van der Waals surface area (Å²) in [6.45, 7) is 3.74. The lowest BCUT2D eigenvalue weighted by atomic mass is 10.0. The number of aliphatic hydroxyl groups is 1. The van der Waals surface area contributed by atoms with Crippen LogP contribution in [0.1, 0.15) is 85.0 Å². The van der Waals surface area contributed by atoms with Crippen LogP contribution in [0.25, 0.3) is 0 Å². The van der Waals surface area contributed by atoms with Crippen molar-refractivity contribution in [1.82, 2.24) is 41.7 Å². The number of likely N-dealkylation sites (tertiary alicyclic amines) is 2. The normalized spacial score (nSPS) is 18.1. The Kier molecular flexibility index (Phi) is 23.9. The fourth-order valence-corrected chi connectivity index (χ4v) is 7.50. The summed E-state index contributed by atoms with van der Waals surface area (Å²) in [6.07, 6.45) is 0.393. The second-order valence-electron chi connectivity index (χ2n) is 16.8. The van der Waals surface area contributed by atoms with Crippen molar-refractivity contribution in [3.63, 3.8) is 0 Å². The van der Waals surface area contributed by atoms with Crippen LogP contribution >= 0.6 is 0 Å². The molecule has 2 aliphatic rings. The summed E-state index contributed by atoms with van der Waals surface area (Å²) in [4.78, 5) is 141. The summed E-state index contributed by atoms with van der Waals surface area (Å²) in [5, 5.41) is 43.4. The number of hydrogen-bond acceptors (Lipinski definition) is 14. The lowest BCUT2D eigenvalue weighted by Gasteiger charge is -2.31. The fraction of sp³-hybridized carbons (Fsp3) is 0.700. The van der Waals surface area contributed by atoms with Crippen LogP contribution in [0.2, 0.25) is 0 Å². The first kappa shape index (κ1) is 57.3. The van der Waals surface area contributed by atoms with Crippen molar-refractivity contribution in [2.45, 2.75) is 133 Å². The van der Waals surface area contributed by atoms with Gasteiger partial charge in [-0.25, -0.2) is 0 Å². The molecule has 8 atom stereocenters. The monoisotopic (exact) mass is 968 g/mol. The van der Waals surface area contributed by atoms with Gasteiger partial charge in [0.1, 0.15) is 48.3 Å². The van der Waals surface area contributed by atoms with E-state index in [1.165, 1.54) is 9.80 Å². The number of nitrogens with zero attached hydrogens (tertiary/aromatic N) is 4. The highest BCUT2D eigenvalue weighted by Crippen LogP contribution is 2.21. The van der Waals surface area contributed by atoms with Gasteiger partial charge < -0.3 is 85.7 Å². The number of aliphatic carboxylic acids is 2. The molecule has 0 aliphatic carbocycles. The average Bonchev–Trinajstić information content (AvgIpc) is 3.97. The SMILES string of the molecule is CC(C)C[C@H](NC(=O)[C@H](CCCN=C(N)N)NC(=O)[C@@H]1CCCN1C(=O)[C@H](CCCN=C(N)N)NC(=O)[C@H](CO)NC(=O)[C@@H]1CCCN1C(=O)CN)C(=O)N[C@@H](CC(=O)O)C(=O)N[C@@H](C)C(=O)O. The summed E-state index contributed by atoms with van der Waals surface area (Å²) in [6, 6.07) is -11.0. The minimum absolute atomic E-state index is 0.0218. The number of aliphatic hydroxyl groups excluding tert-OH is 1. The largest absolute Gasteiger partial charge is 0.481 e. The minimum atomic E-state index is -1.74. The predicted molar refractivity (Wildman–Crippen MR) is 242 cm³/mol. The highest BCUT2D eigenvalue weighted by Gasteiger charge is 2.41. The van der Waals surface area contributed by atoms with Gasteiger partial charge in [0.2, 0.25) is 47.3 Å². The number of carbonyl (C=O) groups excluding carboxylic acids is 8. The van der Waals surface area contributed by atoms with Crippen molar-refractivity contribution in [3.05, 3.63) is 0 Å². The molecule has 382 valence electrons. The molecule has 0 bridgehead atoms. The lowest BCUT2D eigenvalue weighted by molar-refractivity contribution is -0.143. The van der Waals surface area contributed by atoms with Crippen molar-refractivity contribution in [2.75, 3.05) is 39.3 Å². The third-order valence-corrected chi connectivity index (χ3v) is 10.9. The minimum Gasteiger partial charge on any atom is -0.481 e. The number of nitrogens with two attached hydrogens (primary N) is 5. The number of carboxylic acid groups (broad SMARTS) is 2. The topological polar surface area (TPSA) is 465 Å². The number of nitrogens with one attached hydrogen (secondary N) is 6. The van der Waals surface area contributed by atoms with E-state index in [1.807, 2.05) is 0 Å². The number of aliphatic imine (C=N–C) groups is 2. The number of rotatable bonds is 28. The number of carboxylic acids is 2. The summed E-state index contributed by atoms with van der Waals surface area (Å²) in [7, 11) is 0. The molecule has 0 saturated carbocycles. The van der Waals surface area contributed by atoms with Crippen LogP contribution in [-0.2, 0) is 47.9 Å². The molecule has 2 heterocycles. The molecule has 0 unspecified atom stereocenters. The Balaban J connectivity index is 2.38. The van der Waals surface area contributed by atoms with Crippen LogP contribution in [0.4, 0.5) is 0 Å². The molecule has 2 saturated heterocycles. The van der Waals surface area contributed by atoms with Crippen LogP contribution in [0.3, 0.4) is 0 Å². The maximum Gasteiger partial charge on any atom is 0.325 e. The number of amides is 8. The molecule has 2 rings (SSSR count). The fourth-order valence-electron chi connectivity index (χ4n) is 7.50. The van der Waals surface area contributed by atoms with Crippen LogP contribution in [-0.4, -0.2) is 184 Å². The van der Waals surface area contributed by atoms with Gasteiger partial charge in [-0.15, -0.1) is 0 Å². The summed E-state index contributed by atoms with van der Waals surface area (Å²) >= 11 is 0. The van der Waals surface area contributed by atoms with Crippen LogP contribution in [0, 0.1) is 5.92 Å². The highest BCUT2D eigenvalue weighted by molar-refractivity contribution is 5.98. The molecule has 19 N–H and O–H groups in total. The molecule has 2 aliphatic heterocycles. The molecule has 68 heavy (non-hydrogen) atoms. The van der Waals surface area contributed by atoms with Gasteiger partial charge in [-0.1, -0.05) is 13.8 Å². The molecule has 28 heteroatoms. The quantitative estimate of drug-likeness (QED) is 0.0197. The predicted octanol–water partition coefficient (Wildman–Crippen LogP) is -6.44. The number of guanidine groups is 2. The maximum atomic E-state index is 14.3. The summed E-state index contributed by atoms with van der Waals surface area (Å²) in [5.74, 6) is -10.2. The first-order valence-corrected chi connectivity index (χ1v) is 22.3. The lowest BCUT2D eigenvalue weighted by Crippen LogP contribution is -2.60. The van der Waals surface area contributed by atoms with E-state index >= 15 is 0 Å². The van der Waals surface area contributed by atoms with E-state index < -0.39 is 121 Å². The van der Waals surface area contributed by atoms with Gasteiger partial charge >= 0.3 is 11.9 Å². The molecule has 8 amide bonds. The first-order valence-electron chi connectivity index (χ1n) is 22.3. The van der Waals surface area contributed by atoms with E-state index in [9.17, 15) is 63.3 Å². The standard InChI is InChI=1S/C40H69N15O13/c1-20(2)16-24(33(62)52-25(17-30(58)59)32(61)48-21(3)38(67)68)51-31(60)22(8-4-12-46-39(42)43)49-36(65)28-11-7-15-55(28)37(66)23(9-5-13-47-40(44)45)50-34(63)26(19-56)53-35(64)27-10-6-14-54(27)29(57)18-41/h20-28,56H,4-19,41H2,1-3H3,(H,48,61)(H,49,65)(H,50,63)(H,51,60)(H,52,62)(H,53,64)(H,58,59)(H,67,68)(H4,42,43,46)(H4,44,45,47)/t21-,22-,23-,24-,25-,26-,27-,28-/m0/s1. The van der Waals surface area contributed by atoms with Crippen molar-refractivity contribution < 1.29 is 63.3 Å². The molecule has 2 fully saturated rings. The molecular weight excluding hydrogens is 899 g/mol. The Morgan fingerprint density at radius 2 is 1.07 bits per heavy atom. The molecule has 0 aromatic carbocycles. The van der Waals surface area contributed by atoms with Crippen molar-refractivity contribution in [3.8, 4) is 0 Å². The van der Waals surface area contributed by atoms with E-state index in [-0.39, 0.29) is 89.1 Å². The third kappa shape index (κ3) is 18.8. The zero-order chi connectivity index (χ0) is 51.2. The third-order valence-electron chi connectivity index (χ3n) is 10.9. The van der Waals surface area contributed by atoms with E-state index in [2.05, 4.69) is 41.9 Å². The number of carbonyl (C=O) groups is 10. The molecule has 0 spiro atoms. The summed E-state index contributed by atoms with van der Waals surface area (Å²) < 4.78 is 0. The maximum absolute atomic E-state index is 14.3. The zero-order valence-corrected chi connectivity index (χ0v) is 38.6. The van der Waals surface area contributed by atoms with Gasteiger partial charge in [0.15, 0.2) is 11.9 Å². The van der Waals surface area contributed by atoms with E-state index in [4.69, 9.17) is 28.7 Å². The van der Waals surface area contributed by atoms with Crippen molar-refractivity contribution in [1.29, 1.82) is 0 Å². The van der Waals surface area contributed by atoms with E-state index in [0.29, 0.717) is 19.3 Å². The van der Waals surface area contributed by atoms with Crippen LogP contribution in [0.15, 0.2) is 9.98 Å². The molecule has 0 aromatic heterocycles. The van der Waals surface area contributed by atoms with E-state index in [0.717, 1.165) is 6.92 Å². The average molecular weight is 968 g/mol. The van der Waals surface area contributed by atoms with Gasteiger partial charge in [0.05, 0.1) is 19.6 Å². The van der Waals surface area contributed by atoms with Crippen LogP contribution < -0.4 is 60.6 Å². The molecular formula is C40H69N15O13. The Labute approximate surface area is 392 Å². The van der Waals surface area contributed by atoms with Crippen molar-refractivity contribution in [2.24, 2.45) is 44.6 Å². The summed E-state index contributed by atoms with van der Waals surface area (Å²) in [5.41, 5.74) is 27.3. The Bertz CT molecular complexity index is 1880. The Morgan fingerprint density at radius 1 is 0.618 bits per heavy atom.